The summed E-state index contributed by atoms with van der Waals surface area (Å²) in [6.07, 6.45) is 2.23. The van der Waals surface area contributed by atoms with E-state index >= 15 is 0 Å². The maximum absolute atomic E-state index is 12.1. The molecular weight excluding hydrogens is 311 g/mol. The van der Waals surface area contributed by atoms with Crippen LogP contribution in [0.3, 0.4) is 0 Å². The van der Waals surface area contributed by atoms with Crippen molar-refractivity contribution in [3.05, 3.63) is 41.0 Å². The van der Waals surface area contributed by atoms with E-state index in [1.807, 2.05) is 25.1 Å². The van der Waals surface area contributed by atoms with Crippen LogP contribution in [0, 0.1) is 0 Å². The first kappa shape index (κ1) is 17.5. The van der Waals surface area contributed by atoms with Gasteiger partial charge in [-0.25, -0.2) is 0 Å². The van der Waals surface area contributed by atoms with E-state index in [1.54, 1.807) is 6.07 Å². The third kappa shape index (κ3) is 4.46. The molecular formula is C14H18Cl2N4O. The second kappa shape index (κ2) is 8.02. The van der Waals surface area contributed by atoms with Crippen LogP contribution in [0.1, 0.15) is 23.7 Å². The molecule has 4 N–H and O–H groups in total. The van der Waals surface area contributed by atoms with Crippen LogP contribution in [0.4, 0.5) is 0 Å². The van der Waals surface area contributed by atoms with Crippen LogP contribution >= 0.6 is 24.0 Å². The average molecular weight is 329 g/mol. The number of nitrogens with two attached hydrogens (primary N) is 1. The molecule has 1 aromatic heterocycles. The van der Waals surface area contributed by atoms with E-state index in [0.29, 0.717) is 22.8 Å². The van der Waals surface area contributed by atoms with Crippen molar-refractivity contribution in [2.75, 3.05) is 6.54 Å². The van der Waals surface area contributed by atoms with Gasteiger partial charge in [-0.2, -0.15) is 5.10 Å². The summed E-state index contributed by atoms with van der Waals surface area (Å²) < 4.78 is 0. The molecule has 0 bridgehead atoms. The monoisotopic (exact) mass is 328 g/mol. The van der Waals surface area contributed by atoms with E-state index in [4.69, 9.17) is 17.3 Å². The molecule has 5 nitrogen and oxygen atoms in total. The third-order valence-corrected chi connectivity index (χ3v) is 3.24. The number of amides is 1. The molecule has 1 amide bonds. The number of carbonyl (C=O) groups is 1. The number of halogens is 2. The Morgan fingerprint density at radius 2 is 2.19 bits per heavy atom. The van der Waals surface area contributed by atoms with Crippen molar-refractivity contribution < 1.29 is 4.79 Å². The number of hydrogen-bond donors (Lipinski definition) is 3. The zero-order valence-corrected chi connectivity index (χ0v) is 13.2. The van der Waals surface area contributed by atoms with E-state index in [9.17, 15) is 4.79 Å². The minimum Gasteiger partial charge on any atom is -0.352 e. The average Bonchev–Trinajstić information content (AvgIpc) is 2.87. The highest BCUT2D eigenvalue weighted by molar-refractivity contribution is 6.33. The summed E-state index contributed by atoms with van der Waals surface area (Å²) in [5.74, 6) is -0.186. The smallest absolute Gasteiger partial charge is 0.255 e. The zero-order chi connectivity index (χ0) is 14.5. The number of aromatic nitrogens is 2. The number of carbonyl (C=O) groups excluding carboxylic acids is 1. The summed E-state index contributed by atoms with van der Waals surface area (Å²) in [5, 5.41) is 10.2. The molecule has 2 aromatic rings. The van der Waals surface area contributed by atoms with Crippen LogP contribution in [0.25, 0.3) is 11.3 Å². The van der Waals surface area contributed by atoms with Crippen LogP contribution in [-0.2, 0) is 0 Å². The SMILES string of the molecule is CC(N)CCNC(=O)c1cn[nH]c1-c1ccccc1Cl.Cl. The zero-order valence-electron chi connectivity index (χ0n) is 11.6. The summed E-state index contributed by atoms with van der Waals surface area (Å²) in [4.78, 5) is 12.1. The van der Waals surface area contributed by atoms with Crippen LogP contribution in [-0.4, -0.2) is 28.7 Å². The fraction of sp³-hybridized carbons (Fsp3) is 0.286. The van der Waals surface area contributed by atoms with Gasteiger partial charge < -0.3 is 11.1 Å². The molecule has 1 unspecified atom stereocenters. The lowest BCUT2D eigenvalue weighted by atomic mass is 10.1. The van der Waals surface area contributed by atoms with Gasteiger partial charge in [0.15, 0.2) is 0 Å². The van der Waals surface area contributed by atoms with Gasteiger partial charge in [-0.3, -0.25) is 9.89 Å². The van der Waals surface area contributed by atoms with Crippen molar-refractivity contribution in [1.29, 1.82) is 0 Å². The summed E-state index contributed by atoms with van der Waals surface area (Å²) in [6.45, 7) is 2.43. The Kier molecular flexibility index (Phi) is 6.68. The summed E-state index contributed by atoms with van der Waals surface area (Å²) in [6, 6.07) is 7.37. The standard InChI is InChI=1S/C14H17ClN4O.ClH/c1-9(16)6-7-17-14(20)11-8-18-19-13(11)10-4-2-3-5-12(10)15;/h2-5,8-9H,6-7,16H2,1H3,(H,17,20)(H,18,19);1H. The normalized spacial score (nSPS) is 11.6. The molecule has 0 aliphatic carbocycles. The van der Waals surface area contributed by atoms with Crippen molar-refractivity contribution in [1.82, 2.24) is 15.5 Å². The van der Waals surface area contributed by atoms with E-state index < -0.39 is 0 Å². The number of rotatable bonds is 5. The molecule has 0 radical (unpaired) electrons. The lowest BCUT2D eigenvalue weighted by Crippen LogP contribution is -2.29. The van der Waals surface area contributed by atoms with Crippen molar-refractivity contribution in [3.63, 3.8) is 0 Å². The van der Waals surface area contributed by atoms with Gasteiger partial charge in [0.05, 0.1) is 17.5 Å². The minimum absolute atomic E-state index is 0. The largest absolute Gasteiger partial charge is 0.352 e. The maximum Gasteiger partial charge on any atom is 0.255 e. The van der Waals surface area contributed by atoms with Gasteiger partial charge in [-0.05, 0) is 19.4 Å². The Labute approximate surface area is 134 Å². The molecule has 7 heteroatoms. The lowest BCUT2D eigenvalue weighted by molar-refractivity contribution is 0.0953. The Morgan fingerprint density at radius 3 is 2.86 bits per heavy atom. The second-order valence-electron chi connectivity index (χ2n) is 4.66. The summed E-state index contributed by atoms with van der Waals surface area (Å²) >= 11 is 6.14. The number of hydrogen-bond acceptors (Lipinski definition) is 3. The predicted molar refractivity (Wildman–Crippen MR) is 86.9 cm³/mol. The Hall–Kier alpha value is -1.56. The quantitative estimate of drug-likeness (QED) is 0.788. The fourth-order valence-electron chi connectivity index (χ4n) is 1.84. The fourth-order valence-corrected chi connectivity index (χ4v) is 2.07. The number of H-pyrrole nitrogens is 1. The first-order chi connectivity index (χ1) is 9.59. The first-order valence-electron chi connectivity index (χ1n) is 6.41. The van der Waals surface area contributed by atoms with Gasteiger partial charge in [0.1, 0.15) is 0 Å². The van der Waals surface area contributed by atoms with E-state index in [-0.39, 0.29) is 24.4 Å². The van der Waals surface area contributed by atoms with E-state index in [2.05, 4.69) is 15.5 Å². The number of benzene rings is 1. The van der Waals surface area contributed by atoms with Gasteiger partial charge in [0, 0.05) is 23.2 Å². The molecule has 1 aromatic carbocycles. The number of aromatic amines is 1. The van der Waals surface area contributed by atoms with E-state index in [0.717, 1.165) is 12.0 Å². The summed E-state index contributed by atoms with van der Waals surface area (Å²) in [7, 11) is 0. The summed E-state index contributed by atoms with van der Waals surface area (Å²) in [5.41, 5.74) is 7.50. The van der Waals surface area contributed by atoms with Crippen LogP contribution < -0.4 is 11.1 Å². The van der Waals surface area contributed by atoms with Crippen molar-refractivity contribution in [2.45, 2.75) is 19.4 Å². The Balaban J connectivity index is 0.00000220. The molecule has 1 atom stereocenters. The molecule has 114 valence electrons. The molecule has 0 fully saturated rings. The van der Waals surface area contributed by atoms with Crippen molar-refractivity contribution in [3.8, 4) is 11.3 Å². The Bertz CT molecular complexity index is 598. The lowest BCUT2D eigenvalue weighted by Gasteiger charge is -2.08. The molecule has 2 rings (SSSR count). The van der Waals surface area contributed by atoms with Gasteiger partial charge in [0.2, 0.25) is 0 Å². The second-order valence-corrected chi connectivity index (χ2v) is 5.07. The van der Waals surface area contributed by atoms with Gasteiger partial charge in [0.25, 0.3) is 5.91 Å². The highest BCUT2D eigenvalue weighted by Gasteiger charge is 2.16. The van der Waals surface area contributed by atoms with Crippen molar-refractivity contribution >= 4 is 29.9 Å². The van der Waals surface area contributed by atoms with Gasteiger partial charge in [-0.1, -0.05) is 29.8 Å². The van der Waals surface area contributed by atoms with Crippen LogP contribution in [0.15, 0.2) is 30.5 Å². The third-order valence-electron chi connectivity index (χ3n) is 2.91. The Morgan fingerprint density at radius 1 is 1.48 bits per heavy atom. The molecule has 21 heavy (non-hydrogen) atoms. The van der Waals surface area contributed by atoms with Gasteiger partial charge >= 0.3 is 0 Å². The predicted octanol–water partition coefficient (Wildman–Crippen LogP) is 2.62. The topological polar surface area (TPSA) is 83.8 Å². The molecule has 0 spiro atoms. The molecule has 0 saturated heterocycles. The molecule has 0 saturated carbocycles. The highest BCUT2D eigenvalue weighted by Crippen LogP contribution is 2.28. The molecule has 0 aliphatic rings. The van der Waals surface area contributed by atoms with Crippen LogP contribution in [0.5, 0.6) is 0 Å². The molecule has 1 heterocycles. The van der Waals surface area contributed by atoms with Gasteiger partial charge in [-0.15, -0.1) is 12.4 Å². The number of nitrogens with one attached hydrogen (secondary N) is 2. The van der Waals surface area contributed by atoms with Crippen LogP contribution in [0.2, 0.25) is 5.02 Å². The van der Waals surface area contributed by atoms with Crippen molar-refractivity contribution in [2.24, 2.45) is 5.73 Å². The number of nitrogens with zero attached hydrogens (tertiary/aromatic N) is 1. The minimum atomic E-state index is -0.186. The first-order valence-corrected chi connectivity index (χ1v) is 6.79. The maximum atomic E-state index is 12.1. The molecule has 0 aliphatic heterocycles. The highest BCUT2D eigenvalue weighted by atomic mass is 35.5. The van der Waals surface area contributed by atoms with E-state index in [1.165, 1.54) is 6.20 Å².